The molecule has 1 aliphatic carbocycles. The maximum absolute atomic E-state index is 11.9. The van der Waals surface area contributed by atoms with Crippen LogP contribution in [0.3, 0.4) is 0 Å². The molecule has 3 nitrogen and oxygen atoms in total. The summed E-state index contributed by atoms with van der Waals surface area (Å²) in [4.78, 5) is 11.9. The van der Waals surface area contributed by atoms with E-state index in [9.17, 15) is 4.79 Å². The number of rotatable bonds is 7. The molecule has 1 saturated carbocycles. The Balaban J connectivity index is 1.85. The number of carbonyl (C=O) groups excluding carboxylic acids is 1. The van der Waals surface area contributed by atoms with E-state index in [1.165, 1.54) is 24.2 Å². The molecule has 1 N–H and O–H groups in total. The summed E-state index contributed by atoms with van der Waals surface area (Å²) in [6.07, 6.45) is 3.13. The first kappa shape index (κ1) is 13.9. The first-order chi connectivity index (χ1) is 8.64. The highest BCUT2D eigenvalue weighted by molar-refractivity contribution is 8.01. The van der Waals surface area contributed by atoms with Crippen LogP contribution in [0.2, 0.25) is 0 Å². The number of ether oxygens (including phenoxy) is 1. The minimum absolute atomic E-state index is 0.152. The molecule has 0 saturated heterocycles. The highest BCUT2D eigenvalue weighted by Gasteiger charge is 2.38. The first-order valence-corrected chi connectivity index (χ1v) is 8.03. The van der Waals surface area contributed by atoms with Crippen molar-refractivity contribution in [2.45, 2.75) is 42.0 Å². The molecule has 0 spiro atoms. The molecule has 1 atom stereocenters. The summed E-state index contributed by atoms with van der Waals surface area (Å²) in [5.74, 6) is 0.771. The van der Waals surface area contributed by atoms with Crippen LogP contribution in [0, 0.1) is 0 Å². The number of hydrogen-bond acceptors (Lipinski definition) is 5. The summed E-state index contributed by atoms with van der Waals surface area (Å²) in [7, 11) is 1.46. The highest BCUT2D eigenvalue weighted by Crippen LogP contribution is 2.29. The molecule has 5 heteroatoms. The third-order valence-electron chi connectivity index (χ3n) is 3.08. The first-order valence-electron chi connectivity index (χ1n) is 6.16. The van der Waals surface area contributed by atoms with Crippen LogP contribution >= 0.6 is 23.1 Å². The molecule has 1 unspecified atom stereocenters. The van der Waals surface area contributed by atoms with Gasteiger partial charge in [-0.05, 0) is 37.6 Å². The van der Waals surface area contributed by atoms with Crippen LogP contribution in [0.5, 0.6) is 0 Å². The number of carbonyl (C=O) groups is 1. The molecule has 1 fully saturated rings. The lowest BCUT2D eigenvalue weighted by atomic mass is 9.99. The average Bonchev–Trinajstić information content (AvgIpc) is 3.01. The molecule has 18 heavy (non-hydrogen) atoms. The fourth-order valence-electron chi connectivity index (χ4n) is 1.84. The zero-order valence-corrected chi connectivity index (χ0v) is 12.4. The molecule has 1 aromatic rings. The molecular weight excluding hydrogens is 266 g/mol. The van der Waals surface area contributed by atoms with Gasteiger partial charge in [-0.15, -0.1) is 23.1 Å². The molecule has 0 bridgehead atoms. The van der Waals surface area contributed by atoms with E-state index in [2.05, 4.69) is 22.8 Å². The summed E-state index contributed by atoms with van der Waals surface area (Å²) in [6.45, 7) is 1.95. The van der Waals surface area contributed by atoms with E-state index in [-0.39, 0.29) is 5.97 Å². The van der Waals surface area contributed by atoms with Gasteiger partial charge in [-0.3, -0.25) is 10.1 Å². The number of hydrogen-bond donors (Lipinski definition) is 1. The van der Waals surface area contributed by atoms with E-state index in [0.29, 0.717) is 6.04 Å². The lowest BCUT2D eigenvalue weighted by molar-refractivity contribution is -0.148. The summed E-state index contributed by atoms with van der Waals surface area (Å²) >= 11 is 3.54. The third kappa shape index (κ3) is 3.73. The lowest BCUT2D eigenvalue weighted by Crippen LogP contribution is -2.51. The molecule has 1 heterocycles. The third-order valence-corrected chi connectivity index (χ3v) is 5.21. The van der Waals surface area contributed by atoms with Gasteiger partial charge in [0.15, 0.2) is 0 Å². The van der Waals surface area contributed by atoms with E-state index < -0.39 is 5.54 Å². The van der Waals surface area contributed by atoms with Crippen LogP contribution in [0.1, 0.15) is 26.2 Å². The van der Waals surface area contributed by atoms with Crippen LogP contribution in [0.15, 0.2) is 21.7 Å². The quantitative estimate of drug-likeness (QED) is 0.617. The van der Waals surface area contributed by atoms with Crippen molar-refractivity contribution in [1.82, 2.24) is 5.32 Å². The zero-order valence-electron chi connectivity index (χ0n) is 10.8. The van der Waals surface area contributed by atoms with Crippen molar-refractivity contribution in [3.8, 4) is 0 Å². The number of nitrogens with one attached hydrogen (secondary N) is 1. The van der Waals surface area contributed by atoms with Crippen molar-refractivity contribution in [3.05, 3.63) is 17.5 Å². The normalized spacial score (nSPS) is 18.3. The fraction of sp³-hybridized carbons (Fsp3) is 0.615. The molecule has 1 aliphatic rings. The number of esters is 1. The van der Waals surface area contributed by atoms with E-state index in [1.807, 2.05) is 6.92 Å². The second-order valence-electron chi connectivity index (χ2n) is 4.77. The fourth-order valence-corrected chi connectivity index (χ4v) is 3.86. The Morgan fingerprint density at radius 2 is 2.44 bits per heavy atom. The standard InChI is InChI=1S/C13H19NO2S2/c1-13(12(15)16-2,14-10-5-6-10)7-9-18-11-4-3-8-17-11/h3-4,8,10,14H,5-7,9H2,1-2H3. The molecule has 2 rings (SSSR count). The summed E-state index contributed by atoms with van der Waals surface area (Å²) in [5.41, 5.74) is -0.541. The maximum Gasteiger partial charge on any atom is 0.325 e. The second kappa shape index (κ2) is 6.08. The monoisotopic (exact) mass is 285 g/mol. The van der Waals surface area contributed by atoms with Gasteiger partial charge >= 0.3 is 5.97 Å². The summed E-state index contributed by atoms with van der Waals surface area (Å²) in [6, 6.07) is 4.66. The van der Waals surface area contributed by atoms with E-state index >= 15 is 0 Å². The summed E-state index contributed by atoms with van der Waals surface area (Å²) in [5, 5.41) is 5.49. The molecule has 0 radical (unpaired) electrons. The minimum Gasteiger partial charge on any atom is -0.468 e. The Kier molecular flexibility index (Phi) is 4.70. The Hall–Kier alpha value is -0.520. The van der Waals surface area contributed by atoms with E-state index in [1.54, 1.807) is 23.1 Å². The predicted octanol–water partition coefficient (Wildman–Crippen LogP) is 2.91. The molecule has 1 aromatic heterocycles. The zero-order chi connectivity index (χ0) is 13.0. The van der Waals surface area contributed by atoms with Crippen LogP contribution < -0.4 is 5.32 Å². The molecule has 0 aromatic carbocycles. The Morgan fingerprint density at radius 1 is 1.67 bits per heavy atom. The van der Waals surface area contributed by atoms with Crippen molar-refractivity contribution in [1.29, 1.82) is 0 Å². The van der Waals surface area contributed by atoms with Gasteiger partial charge in [-0.25, -0.2) is 0 Å². The molecule has 100 valence electrons. The Labute approximate surface area is 116 Å². The van der Waals surface area contributed by atoms with Gasteiger partial charge < -0.3 is 4.74 Å². The lowest BCUT2D eigenvalue weighted by Gasteiger charge is -2.27. The van der Waals surface area contributed by atoms with Crippen LogP contribution in [0.4, 0.5) is 0 Å². The van der Waals surface area contributed by atoms with Crippen LogP contribution in [-0.2, 0) is 9.53 Å². The van der Waals surface area contributed by atoms with E-state index in [4.69, 9.17) is 4.74 Å². The maximum atomic E-state index is 11.9. The number of thiophene rings is 1. The largest absolute Gasteiger partial charge is 0.468 e. The van der Waals surface area contributed by atoms with E-state index in [0.717, 1.165) is 12.2 Å². The van der Waals surface area contributed by atoms with Gasteiger partial charge in [-0.1, -0.05) is 6.07 Å². The summed E-state index contributed by atoms with van der Waals surface area (Å²) < 4.78 is 6.22. The predicted molar refractivity (Wildman–Crippen MR) is 76.2 cm³/mol. The highest BCUT2D eigenvalue weighted by atomic mass is 32.2. The minimum atomic E-state index is -0.541. The van der Waals surface area contributed by atoms with Gasteiger partial charge in [0.2, 0.25) is 0 Å². The van der Waals surface area contributed by atoms with Gasteiger partial charge in [0.25, 0.3) is 0 Å². The van der Waals surface area contributed by atoms with Crippen molar-refractivity contribution >= 4 is 29.1 Å². The second-order valence-corrected chi connectivity index (χ2v) is 7.12. The van der Waals surface area contributed by atoms with Crippen LogP contribution in [0.25, 0.3) is 0 Å². The Morgan fingerprint density at radius 3 is 3.00 bits per heavy atom. The van der Waals surface area contributed by atoms with Gasteiger partial charge in [0.05, 0.1) is 11.3 Å². The van der Waals surface area contributed by atoms with Gasteiger partial charge in [0.1, 0.15) is 5.54 Å². The van der Waals surface area contributed by atoms with Crippen molar-refractivity contribution in [2.75, 3.05) is 12.9 Å². The molecule has 0 aliphatic heterocycles. The van der Waals surface area contributed by atoms with Crippen molar-refractivity contribution in [3.63, 3.8) is 0 Å². The van der Waals surface area contributed by atoms with Crippen molar-refractivity contribution in [2.24, 2.45) is 0 Å². The SMILES string of the molecule is COC(=O)C(C)(CCSc1cccs1)NC1CC1. The Bertz CT molecular complexity index is 390. The van der Waals surface area contributed by atoms with Crippen LogP contribution in [-0.4, -0.2) is 30.4 Å². The van der Waals surface area contributed by atoms with Gasteiger partial charge in [-0.2, -0.15) is 0 Å². The number of methoxy groups -OCH3 is 1. The van der Waals surface area contributed by atoms with Gasteiger partial charge in [0, 0.05) is 11.8 Å². The smallest absolute Gasteiger partial charge is 0.325 e. The average molecular weight is 285 g/mol. The number of thioether (sulfide) groups is 1. The molecular formula is C13H19NO2S2. The molecule has 0 amide bonds. The van der Waals surface area contributed by atoms with Crippen molar-refractivity contribution < 1.29 is 9.53 Å². The topological polar surface area (TPSA) is 38.3 Å².